The molecule has 5 N–H and O–H groups in total. The lowest BCUT2D eigenvalue weighted by molar-refractivity contribution is -0.144. The molecule has 1 aliphatic rings. The zero-order valence-corrected chi connectivity index (χ0v) is 21.8. The van der Waals surface area contributed by atoms with Gasteiger partial charge in [0.2, 0.25) is 11.8 Å². The van der Waals surface area contributed by atoms with Gasteiger partial charge >= 0.3 is 5.97 Å². The zero-order chi connectivity index (χ0) is 27.8. The summed E-state index contributed by atoms with van der Waals surface area (Å²) in [6.45, 7) is 7.07. The molecular weight excluding hydrogens is 480 g/mol. The van der Waals surface area contributed by atoms with Crippen molar-refractivity contribution in [3.63, 3.8) is 0 Å². The number of aldehydes is 1. The van der Waals surface area contributed by atoms with Crippen LogP contribution in [0.5, 0.6) is 5.75 Å². The number of piperidine rings is 1. The molecule has 11 nitrogen and oxygen atoms in total. The Bertz CT molecular complexity index is 982. The molecule has 2 unspecified atom stereocenters. The summed E-state index contributed by atoms with van der Waals surface area (Å²) in [7, 11) is 0. The molecule has 1 aliphatic heterocycles. The monoisotopic (exact) mass is 518 g/mol. The fourth-order valence-corrected chi connectivity index (χ4v) is 4.54. The van der Waals surface area contributed by atoms with Gasteiger partial charge in [-0.05, 0) is 49.8 Å². The Morgan fingerprint density at radius 2 is 1.76 bits per heavy atom. The van der Waals surface area contributed by atoms with Crippen molar-refractivity contribution in [3.8, 4) is 5.75 Å². The molecule has 204 valence electrons. The number of nitrogens with zero attached hydrogens (tertiary/aromatic N) is 1. The number of amides is 2. The number of Topliss-reactive ketones (excluding diaryl/α,β-unsaturated/α-hetero) is 1. The molecule has 37 heavy (non-hydrogen) atoms. The fourth-order valence-electron chi connectivity index (χ4n) is 4.54. The maximum atomic E-state index is 13.9. The highest BCUT2D eigenvalue weighted by Crippen LogP contribution is 2.30. The van der Waals surface area contributed by atoms with Crippen LogP contribution in [0.1, 0.15) is 58.9 Å². The molecule has 0 aromatic heterocycles. The number of phenolic OH excluding ortho intramolecular Hbond substituents is 1. The van der Waals surface area contributed by atoms with Crippen LogP contribution < -0.4 is 16.1 Å². The SMILES string of the molecule is CC(=O)N[C@@H](Cc1ccc(O)cc1)C(=O)N[C@H](C(=O)C1(C)CCCCN1NC(C=O)CC(=O)O)C(C)C. The number of ketones is 1. The number of benzene rings is 1. The number of hydrogen-bond donors (Lipinski definition) is 5. The van der Waals surface area contributed by atoms with Gasteiger partial charge in [0, 0.05) is 19.9 Å². The Morgan fingerprint density at radius 1 is 1.11 bits per heavy atom. The minimum atomic E-state index is -1.14. The first-order valence-electron chi connectivity index (χ1n) is 12.5. The predicted molar refractivity (Wildman–Crippen MR) is 135 cm³/mol. The number of nitrogens with one attached hydrogen (secondary N) is 3. The minimum Gasteiger partial charge on any atom is -0.508 e. The average molecular weight is 519 g/mol. The number of aliphatic carboxylic acids is 1. The van der Waals surface area contributed by atoms with E-state index in [4.69, 9.17) is 5.11 Å². The molecule has 0 saturated carbocycles. The number of phenols is 1. The van der Waals surface area contributed by atoms with Crippen LogP contribution in [0.25, 0.3) is 0 Å². The summed E-state index contributed by atoms with van der Waals surface area (Å²) in [6.07, 6.45) is 2.20. The van der Waals surface area contributed by atoms with Crippen LogP contribution >= 0.6 is 0 Å². The second kappa shape index (κ2) is 13.3. The van der Waals surface area contributed by atoms with Crippen LogP contribution in [0.2, 0.25) is 0 Å². The van der Waals surface area contributed by atoms with Gasteiger partial charge in [-0.25, -0.2) is 10.4 Å². The molecule has 0 aliphatic carbocycles. The van der Waals surface area contributed by atoms with Gasteiger partial charge in [0.1, 0.15) is 18.1 Å². The topological polar surface area (TPSA) is 165 Å². The normalized spacial score (nSPS) is 20.5. The van der Waals surface area contributed by atoms with Crippen molar-refractivity contribution in [1.29, 1.82) is 0 Å². The molecule has 0 radical (unpaired) electrons. The third kappa shape index (κ3) is 8.36. The summed E-state index contributed by atoms with van der Waals surface area (Å²) in [4.78, 5) is 61.7. The maximum Gasteiger partial charge on any atom is 0.305 e. The Kier molecular flexibility index (Phi) is 10.8. The second-order valence-corrected chi connectivity index (χ2v) is 10.1. The van der Waals surface area contributed by atoms with Crippen molar-refractivity contribution >= 4 is 29.9 Å². The maximum absolute atomic E-state index is 13.9. The van der Waals surface area contributed by atoms with Crippen molar-refractivity contribution in [3.05, 3.63) is 29.8 Å². The molecule has 4 atom stereocenters. The first-order valence-corrected chi connectivity index (χ1v) is 12.5. The number of hydrogen-bond acceptors (Lipinski definition) is 8. The Balaban J connectivity index is 2.26. The minimum absolute atomic E-state index is 0.0776. The number of carboxylic acid groups (broad SMARTS) is 1. The summed E-state index contributed by atoms with van der Waals surface area (Å²) >= 11 is 0. The number of hydrazine groups is 1. The molecule has 1 saturated heterocycles. The largest absolute Gasteiger partial charge is 0.508 e. The number of rotatable bonds is 13. The number of carbonyl (C=O) groups is 5. The first kappa shape index (κ1) is 29.9. The van der Waals surface area contributed by atoms with E-state index >= 15 is 0 Å². The molecule has 11 heteroatoms. The molecule has 1 heterocycles. The van der Waals surface area contributed by atoms with Crippen LogP contribution in [-0.4, -0.2) is 75.3 Å². The van der Waals surface area contributed by atoms with Gasteiger partial charge in [0.25, 0.3) is 0 Å². The smallest absolute Gasteiger partial charge is 0.305 e. The zero-order valence-electron chi connectivity index (χ0n) is 21.8. The van der Waals surface area contributed by atoms with Crippen LogP contribution in [0.4, 0.5) is 0 Å². The average Bonchev–Trinajstić information content (AvgIpc) is 2.83. The van der Waals surface area contributed by atoms with Gasteiger partial charge in [-0.15, -0.1) is 0 Å². The highest BCUT2D eigenvalue weighted by atomic mass is 16.4. The van der Waals surface area contributed by atoms with Crippen molar-refractivity contribution in [2.45, 2.75) is 83.5 Å². The second-order valence-electron chi connectivity index (χ2n) is 10.1. The molecule has 0 bridgehead atoms. The molecule has 2 amide bonds. The van der Waals surface area contributed by atoms with E-state index in [1.165, 1.54) is 19.1 Å². The lowest BCUT2D eigenvalue weighted by Crippen LogP contribution is -2.67. The van der Waals surface area contributed by atoms with E-state index in [0.717, 1.165) is 12.8 Å². The molecule has 1 fully saturated rings. The van der Waals surface area contributed by atoms with E-state index in [1.54, 1.807) is 37.9 Å². The van der Waals surface area contributed by atoms with Crippen molar-refractivity contribution in [1.82, 2.24) is 21.1 Å². The quantitative estimate of drug-likeness (QED) is 0.239. The summed E-state index contributed by atoms with van der Waals surface area (Å²) in [5.74, 6) is -2.54. The molecule has 1 aromatic rings. The summed E-state index contributed by atoms with van der Waals surface area (Å²) in [5.41, 5.74) is 2.53. The van der Waals surface area contributed by atoms with Crippen LogP contribution in [-0.2, 0) is 30.4 Å². The van der Waals surface area contributed by atoms with E-state index in [-0.39, 0.29) is 23.9 Å². The lowest BCUT2D eigenvalue weighted by Gasteiger charge is -2.46. The van der Waals surface area contributed by atoms with E-state index < -0.39 is 47.9 Å². The van der Waals surface area contributed by atoms with Gasteiger partial charge in [-0.1, -0.05) is 26.0 Å². The molecule has 2 rings (SSSR count). The molecule has 0 spiro atoms. The number of aromatic hydroxyl groups is 1. The predicted octanol–water partition coefficient (Wildman–Crippen LogP) is 0.941. The van der Waals surface area contributed by atoms with E-state index in [0.29, 0.717) is 24.8 Å². The Hall–Kier alpha value is -3.31. The first-order chi connectivity index (χ1) is 17.4. The van der Waals surface area contributed by atoms with Crippen molar-refractivity contribution in [2.24, 2.45) is 5.92 Å². The Labute approximate surface area is 217 Å². The van der Waals surface area contributed by atoms with Crippen molar-refractivity contribution < 1.29 is 34.2 Å². The lowest BCUT2D eigenvalue weighted by atomic mass is 9.80. The summed E-state index contributed by atoms with van der Waals surface area (Å²) in [6, 6.07) is 3.43. The van der Waals surface area contributed by atoms with Crippen LogP contribution in [0.3, 0.4) is 0 Å². The highest BCUT2D eigenvalue weighted by Gasteiger charge is 2.46. The molecule has 1 aromatic carbocycles. The Morgan fingerprint density at radius 3 is 2.30 bits per heavy atom. The fraction of sp³-hybridized carbons (Fsp3) is 0.577. The van der Waals surface area contributed by atoms with Crippen LogP contribution in [0, 0.1) is 5.92 Å². The third-order valence-corrected chi connectivity index (χ3v) is 6.62. The summed E-state index contributed by atoms with van der Waals surface area (Å²) < 4.78 is 0. The van der Waals surface area contributed by atoms with Gasteiger partial charge in [0.05, 0.1) is 24.0 Å². The van der Waals surface area contributed by atoms with Gasteiger partial charge in [0.15, 0.2) is 5.78 Å². The van der Waals surface area contributed by atoms with Gasteiger partial charge < -0.3 is 25.6 Å². The third-order valence-electron chi connectivity index (χ3n) is 6.62. The van der Waals surface area contributed by atoms with E-state index in [9.17, 15) is 29.1 Å². The number of carboxylic acids is 1. The van der Waals surface area contributed by atoms with Crippen molar-refractivity contribution in [2.75, 3.05) is 6.54 Å². The standard InChI is InChI=1S/C26H38N4O7/c1-16(2)23(28-25(37)21(27-17(3)32)13-18-7-9-20(33)10-8-18)24(36)26(4)11-5-6-12-30(26)29-19(15-31)14-22(34)35/h7-10,15-16,19,21,23,29,33H,5-6,11-14H2,1-4H3,(H,27,32)(H,28,37)(H,34,35)/t19?,21-,23-,26?/m0/s1. The number of carbonyl (C=O) groups excluding carboxylic acids is 4. The van der Waals surface area contributed by atoms with E-state index in [1.807, 2.05) is 0 Å². The van der Waals surface area contributed by atoms with Gasteiger partial charge in [-0.3, -0.25) is 19.2 Å². The van der Waals surface area contributed by atoms with Gasteiger partial charge in [-0.2, -0.15) is 0 Å². The summed E-state index contributed by atoms with van der Waals surface area (Å²) in [5, 5.41) is 25.7. The highest BCUT2D eigenvalue weighted by molar-refractivity contribution is 5.97. The molecular formula is C26H38N4O7. The van der Waals surface area contributed by atoms with E-state index in [2.05, 4.69) is 16.1 Å². The van der Waals surface area contributed by atoms with Crippen LogP contribution in [0.15, 0.2) is 24.3 Å².